The number of fused-ring (bicyclic) bond motifs is 1. The van der Waals surface area contributed by atoms with E-state index in [0.29, 0.717) is 16.0 Å². The van der Waals surface area contributed by atoms with Crippen molar-refractivity contribution in [1.82, 2.24) is 4.31 Å². The molecule has 0 spiro atoms. The van der Waals surface area contributed by atoms with Gasteiger partial charge in [0.15, 0.2) is 0 Å². The van der Waals surface area contributed by atoms with Gasteiger partial charge in [0.1, 0.15) is 4.21 Å². The lowest BCUT2D eigenvalue weighted by molar-refractivity contribution is 0.447. The van der Waals surface area contributed by atoms with Crippen LogP contribution in [0.25, 0.3) is 0 Å². The van der Waals surface area contributed by atoms with Crippen molar-refractivity contribution in [3.63, 3.8) is 0 Å². The molecule has 3 nitrogen and oxygen atoms in total. The summed E-state index contributed by atoms with van der Waals surface area (Å²) in [5.74, 6) is 1.24. The van der Waals surface area contributed by atoms with E-state index in [0.717, 1.165) is 13.1 Å². The molecular weight excluding hydrogens is 242 g/mol. The first kappa shape index (κ1) is 10.7. The zero-order valence-corrected chi connectivity index (χ0v) is 10.6. The highest BCUT2D eigenvalue weighted by molar-refractivity contribution is 7.91. The van der Waals surface area contributed by atoms with E-state index in [-0.39, 0.29) is 0 Å². The number of nitrogens with zero attached hydrogens (tertiary/aromatic N) is 1. The van der Waals surface area contributed by atoms with Crippen molar-refractivity contribution in [2.45, 2.75) is 23.5 Å². The lowest BCUT2D eigenvalue weighted by Crippen LogP contribution is -2.29. The van der Waals surface area contributed by atoms with Gasteiger partial charge in [-0.3, -0.25) is 0 Å². The fraction of sp³-hybridized carbons (Fsp3) is 0.636. The lowest BCUT2D eigenvalue weighted by Gasteiger charge is -2.15. The van der Waals surface area contributed by atoms with Crippen LogP contribution >= 0.6 is 11.3 Å². The van der Waals surface area contributed by atoms with E-state index in [1.54, 1.807) is 16.4 Å². The molecule has 2 fully saturated rings. The molecule has 3 rings (SSSR count). The Morgan fingerprint density at radius 3 is 2.50 bits per heavy atom. The van der Waals surface area contributed by atoms with Gasteiger partial charge in [0.05, 0.1) is 0 Å². The average molecular weight is 257 g/mol. The minimum atomic E-state index is -3.19. The molecule has 1 saturated heterocycles. The zero-order valence-electron chi connectivity index (χ0n) is 9.00. The van der Waals surface area contributed by atoms with E-state index in [9.17, 15) is 8.42 Å². The van der Waals surface area contributed by atoms with Gasteiger partial charge >= 0.3 is 0 Å². The Morgan fingerprint density at radius 1 is 1.25 bits per heavy atom. The second-order valence-electron chi connectivity index (χ2n) is 4.71. The molecule has 0 radical (unpaired) electrons. The van der Waals surface area contributed by atoms with E-state index < -0.39 is 10.0 Å². The minimum absolute atomic E-state index is 0.493. The molecule has 0 N–H and O–H groups in total. The van der Waals surface area contributed by atoms with Crippen LogP contribution < -0.4 is 0 Å². The highest BCUT2D eigenvalue weighted by Crippen LogP contribution is 2.40. The van der Waals surface area contributed by atoms with Gasteiger partial charge in [0, 0.05) is 13.1 Å². The van der Waals surface area contributed by atoms with Crippen LogP contribution in [-0.2, 0) is 10.0 Å². The van der Waals surface area contributed by atoms with Crippen molar-refractivity contribution in [3.8, 4) is 0 Å². The molecule has 0 amide bonds. The van der Waals surface area contributed by atoms with Crippen molar-refractivity contribution in [3.05, 3.63) is 17.5 Å². The number of hydrogen-bond acceptors (Lipinski definition) is 3. The Kier molecular flexibility index (Phi) is 2.57. The summed E-state index contributed by atoms with van der Waals surface area (Å²) in [5.41, 5.74) is 0. The van der Waals surface area contributed by atoms with E-state index in [1.807, 2.05) is 5.38 Å². The van der Waals surface area contributed by atoms with Crippen LogP contribution in [0.2, 0.25) is 0 Å². The quantitative estimate of drug-likeness (QED) is 0.814. The summed E-state index contributed by atoms with van der Waals surface area (Å²) >= 11 is 1.32. The van der Waals surface area contributed by atoms with E-state index in [4.69, 9.17) is 0 Å². The van der Waals surface area contributed by atoms with Crippen molar-refractivity contribution in [2.75, 3.05) is 13.1 Å². The smallest absolute Gasteiger partial charge is 0.206 e. The molecular formula is C11H15NO2S2. The van der Waals surface area contributed by atoms with Crippen LogP contribution in [0.15, 0.2) is 21.7 Å². The SMILES string of the molecule is O=S(=O)(c1cccs1)N1CC2CCCC2C1. The molecule has 88 valence electrons. The molecule has 2 atom stereocenters. The summed E-state index contributed by atoms with van der Waals surface area (Å²) in [6.45, 7) is 1.48. The van der Waals surface area contributed by atoms with Gasteiger partial charge in [0.2, 0.25) is 0 Å². The molecule has 0 aromatic carbocycles. The van der Waals surface area contributed by atoms with Gasteiger partial charge < -0.3 is 0 Å². The van der Waals surface area contributed by atoms with Crippen molar-refractivity contribution >= 4 is 21.4 Å². The molecule has 16 heavy (non-hydrogen) atoms. The topological polar surface area (TPSA) is 37.4 Å². The molecule has 2 aliphatic rings. The normalized spacial score (nSPS) is 30.8. The van der Waals surface area contributed by atoms with Gasteiger partial charge in [-0.25, -0.2) is 8.42 Å². The first-order valence-corrected chi connectivity index (χ1v) is 8.03. The van der Waals surface area contributed by atoms with E-state index in [2.05, 4.69) is 0 Å². The Bertz CT molecular complexity index is 454. The summed E-state index contributed by atoms with van der Waals surface area (Å²) < 4.78 is 26.7. The number of hydrogen-bond donors (Lipinski definition) is 0. The lowest BCUT2D eigenvalue weighted by atomic mass is 10.0. The van der Waals surface area contributed by atoms with Crippen LogP contribution in [0.1, 0.15) is 19.3 Å². The summed E-state index contributed by atoms with van der Waals surface area (Å²) in [5, 5.41) is 1.82. The van der Waals surface area contributed by atoms with Gasteiger partial charge in [-0.2, -0.15) is 4.31 Å². The molecule has 5 heteroatoms. The highest BCUT2D eigenvalue weighted by atomic mass is 32.2. The molecule has 2 heterocycles. The van der Waals surface area contributed by atoms with Crippen LogP contribution in [0.4, 0.5) is 0 Å². The minimum Gasteiger partial charge on any atom is -0.206 e. The molecule has 1 aromatic rings. The third kappa shape index (κ3) is 1.61. The maximum absolute atomic E-state index is 12.3. The predicted molar refractivity (Wildman–Crippen MR) is 63.9 cm³/mol. The van der Waals surface area contributed by atoms with Crippen molar-refractivity contribution in [2.24, 2.45) is 11.8 Å². The molecule has 2 unspecified atom stereocenters. The summed E-state index contributed by atoms with van der Waals surface area (Å²) in [4.78, 5) is 0. The molecule has 1 aromatic heterocycles. The van der Waals surface area contributed by atoms with Crippen molar-refractivity contribution in [1.29, 1.82) is 0 Å². The molecule has 1 saturated carbocycles. The van der Waals surface area contributed by atoms with E-state index in [1.165, 1.54) is 30.6 Å². The average Bonchev–Trinajstić information content (AvgIpc) is 2.94. The molecule has 0 bridgehead atoms. The van der Waals surface area contributed by atoms with Gasteiger partial charge in [0.25, 0.3) is 10.0 Å². The maximum Gasteiger partial charge on any atom is 0.252 e. The fourth-order valence-corrected chi connectivity index (χ4v) is 5.62. The van der Waals surface area contributed by atoms with Crippen LogP contribution in [-0.4, -0.2) is 25.8 Å². The fourth-order valence-electron chi connectivity index (χ4n) is 2.93. The van der Waals surface area contributed by atoms with Gasteiger partial charge in [-0.15, -0.1) is 11.3 Å². The second-order valence-corrected chi connectivity index (χ2v) is 7.82. The van der Waals surface area contributed by atoms with Crippen LogP contribution in [0.3, 0.4) is 0 Å². The summed E-state index contributed by atoms with van der Waals surface area (Å²) in [6, 6.07) is 3.50. The number of rotatable bonds is 2. The zero-order chi connectivity index (χ0) is 11.2. The van der Waals surface area contributed by atoms with Gasteiger partial charge in [-0.1, -0.05) is 12.5 Å². The standard InChI is InChI=1S/C11H15NO2S2/c13-16(14,11-5-2-6-15-11)12-7-9-3-1-4-10(9)8-12/h2,5-6,9-10H,1,3-4,7-8H2. The van der Waals surface area contributed by atoms with Crippen molar-refractivity contribution < 1.29 is 8.42 Å². The predicted octanol–water partition coefficient (Wildman–Crippen LogP) is 2.17. The third-order valence-electron chi connectivity index (χ3n) is 3.78. The summed E-state index contributed by atoms with van der Waals surface area (Å²) in [7, 11) is -3.19. The number of sulfonamides is 1. The maximum atomic E-state index is 12.3. The van der Waals surface area contributed by atoms with Crippen LogP contribution in [0.5, 0.6) is 0 Å². The first-order valence-electron chi connectivity index (χ1n) is 5.71. The number of thiophene rings is 1. The molecule has 1 aliphatic heterocycles. The Balaban J connectivity index is 1.85. The Morgan fingerprint density at radius 2 is 1.94 bits per heavy atom. The molecule has 1 aliphatic carbocycles. The summed E-state index contributed by atoms with van der Waals surface area (Å²) in [6.07, 6.45) is 3.70. The monoisotopic (exact) mass is 257 g/mol. The van der Waals surface area contributed by atoms with Gasteiger partial charge in [-0.05, 0) is 36.1 Å². The Hall–Kier alpha value is -0.390. The third-order valence-corrected chi connectivity index (χ3v) is 6.99. The first-order chi connectivity index (χ1) is 7.68. The highest BCUT2D eigenvalue weighted by Gasteiger charge is 2.41. The Labute approximate surface area is 100 Å². The van der Waals surface area contributed by atoms with Crippen LogP contribution in [0, 0.1) is 11.8 Å². The van der Waals surface area contributed by atoms with E-state index >= 15 is 0 Å². The largest absolute Gasteiger partial charge is 0.252 e. The second kappa shape index (κ2) is 3.82.